The summed E-state index contributed by atoms with van der Waals surface area (Å²) in [7, 11) is 0. The Morgan fingerprint density at radius 2 is 0.458 bits per heavy atom. The van der Waals surface area contributed by atoms with Crippen molar-refractivity contribution in [1.29, 1.82) is 0 Å². The standard InChI is InChI=1S/C53H102O6/c1-4-7-10-13-16-19-22-24-26-28-29-31-34-37-40-43-46-52(55)58-49-50(48-57-51(54)45-42-39-36-33-21-18-15-12-9-6-3)59-53(56)47-44-41-38-35-32-30-27-25-23-20-17-14-11-8-5-2/h50H,4-49H2,1-3H3. The van der Waals surface area contributed by atoms with Gasteiger partial charge in [-0.1, -0.05) is 265 Å². The molecule has 0 N–H and O–H groups in total. The van der Waals surface area contributed by atoms with Crippen LogP contribution in [0.4, 0.5) is 0 Å². The third-order valence-corrected chi connectivity index (χ3v) is 12.1. The molecule has 0 aromatic carbocycles. The highest BCUT2D eigenvalue weighted by atomic mass is 16.6. The van der Waals surface area contributed by atoms with Crippen molar-refractivity contribution in [3.8, 4) is 0 Å². The van der Waals surface area contributed by atoms with Crippen LogP contribution < -0.4 is 0 Å². The Hall–Kier alpha value is -1.59. The lowest BCUT2D eigenvalue weighted by Crippen LogP contribution is -2.30. The maximum atomic E-state index is 12.8. The highest BCUT2D eigenvalue weighted by Crippen LogP contribution is 2.17. The number of rotatable bonds is 49. The van der Waals surface area contributed by atoms with E-state index in [-0.39, 0.29) is 31.1 Å². The Kier molecular flexibility index (Phi) is 47.7. The largest absolute Gasteiger partial charge is 0.462 e. The molecule has 1 unspecified atom stereocenters. The van der Waals surface area contributed by atoms with Crippen molar-refractivity contribution in [2.24, 2.45) is 0 Å². The van der Waals surface area contributed by atoms with Crippen molar-refractivity contribution < 1.29 is 28.6 Å². The van der Waals surface area contributed by atoms with E-state index >= 15 is 0 Å². The quantitative estimate of drug-likeness (QED) is 0.0345. The van der Waals surface area contributed by atoms with Crippen LogP contribution in [0.5, 0.6) is 0 Å². The molecule has 0 aliphatic carbocycles. The van der Waals surface area contributed by atoms with E-state index in [1.165, 1.54) is 205 Å². The minimum atomic E-state index is -0.759. The number of hydrogen-bond donors (Lipinski definition) is 0. The first-order valence-corrected chi connectivity index (χ1v) is 26.5. The number of hydrogen-bond acceptors (Lipinski definition) is 6. The lowest BCUT2D eigenvalue weighted by Gasteiger charge is -2.18. The van der Waals surface area contributed by atoms with Gasteiger partial charge in [-0.05, 0) is 19.3 Å². The molecule has 6 nitrogen and oxygen atoms in total. The maximum absolute atomic E-state index is 12.8. The molecule has 0 bridgehead atoms. The second kappa shape index (κ2) is 49.1. The second-order valence-electron chi connectivity index (χ2n) is 18.2. The van der Waals surface area contributed by atoms with Crippen LogP contribution in [0.2, 0.25) is 0 Å². The van der Waals surface area contributed by atoms with Gasteiger partial charge in [0.05, 0.1) is 0 Å². The molecule has 59 heavy (non-hydrogen) atoms. The number of carbonyl (C=O) groups excluding carboxylic acids is 3. The molecule has 0 saturated heterocycles. The Morgan fingerprint density at radius 3 is 0.678 bits per heavy atom. The Bertz CT molecular complexity index is 874. The van der Waals surface area contributed by atoms with Gasteiger partial charge < -0.3 is 14.2 Å². The summed E-state index contributed by atoms with van der Waals surface area (Å²) in [6.07, 6.45) is 52.3. The van der Waals surface area contributed by atoms with E-state index in [0.29, 0.717) is 19.3 Å². The van der Waals surface area contributed by atoms with E-state index in [0.717, 1.165) is 57.8 Å². The molecule has 0 saturated carbocycles. The Balaban J connectivity index is 4.27. The number of carbonyl (C=O) groups is 3. The average molecular weight is 835 g/mol. The molecule has 0 aromatic heterocycles. The van der Waals surface area contributed by atoms with E-state index in [1.54, 1.807) is 0 Å². The number of ether oxygens (including phenoxy) is 3. The molecule has 0 spiro atoms. The fourth-order valence-electron chi connectivity index (χ4n) is 8.09. The van der Waals surface area contributed by atoms with Gasteiger partial charge in [0.2, 0.25) is 0 Å². The predicted molar refractivity (Wildman–Crippen MR) is 252 cm³/mol. The third-order valence-electron chi connectivity index (χ3n) is 12.1. The fourth-order valence-corrected chi connectivity index (χ4v) is 8.09. The topological polar surface area (TPSA) is 78.9 Å². The van der Waals surface area contributed by atoms with E-state index in [9.17, 15) is 14.4 Å². The molecular formula is C53H102O6. The van der Waals surface area contributed by atoms with Gasteiger partial charge >= 0.3 is 17.9 Å². The van der Waals surface area contributed by atoms with Gasteiger partial charge in [0, 0.05) is 19.3 Å². The van der Waals surface area contributed by atoms with Crippen LogP contribution >= 0.6 is 0 Å². The summed E-state index contributed by atoms with van der Waals surface area (Å²) in [4.78, 5) is 37.9. The first kappa shape index (κ1) is 57.4. The van der Waals surface area contributed by atoms with E-state index in [1.807, 2.05) is 0 Å². The smallest absolute Gasteiger partial charge is 0.306 e. The first-order valence-electron chi connectivity index (χ1n) is 26.5. The Labute approximate surface area is 368 Å². The van der Waals surface area contributed by atoms with Crippen molar-refractivity contribution in [2.75, 3.05) is 13.2 Å². The van der Waals surface area contributed by atoms with Crippen LogP contribution in [0.15, 0.2) is 0 Å². The van der Waals surface area contributed by atoms with Gasteiger partial charge in [0.15, 0.2) is 6.10 Å². The summed E-state index contributed by atoms with van der Waals surface area (Å²) in [6, 6.07) is 0. The minimum absolute atomic E-state index is 0.0617. The van der Waals surface area contributed by atoms with Crippen LogP contribution in [0.1, 0.15) is 303 Å². The molecule has 0 radical (unpaired) electrons. The summed E-state index contributed by atoms with van der Waals surface area (Å²) in [5, 5.41) is 0. The van der Waals surface area contributed by atoms with E-state index in [4.69, 9.17) is 14.2 Å². The molecule has 0 amide bonds. The van der Waals surface area contributed by atoms with E-state index < -0.39 is 6.10 Å². The van der Waals surface area contributed by atoms with Gasteiger partial charge in [-0.15, -0.1) is 0 Å². The van der Waals surface area contributed by atoms with Gasteiger partial charge in [0.25, 0.3) is 0 Å². The summed E-state index contributed by atoms with van der Waals surface area (Å²) in [6.45, 7) is 6.68. The van der Waals surface area contributed by atoms with Crippen LogP contribution in [-0.2, 0) is 28.6 Å². The van der Waals surface area contributed by atoms with Crippen molar-refractivity contribution in [3.63, 3.8) is 0 Å². The second-order valence-corrected chi connectivity index (χ2v) is 18.2. The van der Waals surface area contributed by atoms with Crippen LogP contribution in [0, 0.1) is 0 Å². The summed E-state index contributed by atoms with van der Waals surface area (Å²) >= 11 is 0. The predicted octanol–water partition coefficient (Wildman–Crippen LogP) is 17.2. The molecule has 350 valence electrons. The van der Waals surface area contributed by atoms with Crippen molar-refractivity contribution in [2.45, 2.75) is 309 Å². The lowest BCUT2D eigenvalue weighted by atomic mass is 10.0. The van der Waals surface area contributed by atoms with E-state index in [2.05, 4.69) is 20.8 Å². The summed E-state index contributed by atoms with van der Waals surface area (Å²) in [5.74, 6) is -0.840. The highest BCUT2D eigenvalue weighted by molar-refractivity contribution is 5.71. The molecule has 0 aliphatic rings. The molecule has 1 atom stereocenters. The molecule has 0 rings (SSSR count). The molecule has 0 fully saturated rings. The fraction of sp³-hybridized carbons (Fsp3) is 0.943. The summed E-state index contributed by atoms with van der Waals surface area (Å²) in [5.41, 5.74) is 0. The zero-order valence-electron chi connectivity index (χ0n) is 40.1. The maximum Gasteiger partial charge on any atom is 0.306 e. The van der Waals surface area contributed by atoms with Gasteiger partial charge in [-0.25, -0.2) is 0 Å². The monoisotopic (exact) mass is 835 g/mol. The van der Waals surface area contributed by atoms with Gasteiger partial charge in [0.1, 0.15) is 13.2 Å². The van der Waals surface area contributed by atoms with Crippen LogP contribution in [0.25, 0.3) is 0 Å². The normalized spacial score (nSPS) is 11.8. The van der Waals surface area contributed by atoms with Crippen molar-refractivity contribution in [1.82, 2.24) is 0 Å². The molecule has 6 heteroatoms. The SMILES string of the molecule is CCCCCCCCCCCCCCCCCCC(=O)OCC(COC(=O)CCCCCCCCCCCC)OC(=O)CCCCCCCCCCCCCCCCC. The average Bonchev–Trinajstić information content (AvgIpc) is 3.23. The van der Waals surface area contributed by atoms with Crippen LogP contribution in [0.3, 0.4) is 0 Å². The van der Waals surface area contributed by atoms with Gasteiger partial charge in [-0.2, -0.15) is 0 Å². The van der Waals surface area contributed by atoms with Crippen LogP contribution in [-0.4, -0.2) is 37.2 Å². The minimum Gasteiger partial charge on any atom is -0.462 e. The number of esters is 3. The van der Waals surface area contributed by atoms with Gasteiger partial charge in [-0.3, -0.25) is 14.4 Å². The van der Waals surface area contributed by atoms with Crippen molar-refractivity contribution in [3.05, 3.63) is 0 Å². The zero-order valence-corrected chi connectivity index (χ0v) is 40.1. The highest BCUT2D eigenvalue weighted by Gasteiger charge is 2.19. The summed E-state index contributed by atoms with van der Waals surface area (Å²) < 4.78 is 16.8. The van der Waals surface area contributed by atoms with Crippen molar-refractivity contribution >= 4 is 17.9 Å². The number of unbranched alkanes of at least 4 members (excludes halogenated alkanes) is 38. The molecule has 0 aromatic rings. The Morgan fingerprint density at radius 1 is 0.271 bits per heavy atom. The lowest BCUT2D eigenvalue weighted by molar-refractivity contribution is -0.167. The first-order chi connectivity index (χ1) is 29.0. The zero-order chi connectivity index (χ0) is 43.0. The molecule has 0 aliphatic heterocycles. The molecular weight excluding hydrogens is 733 g/mol. The molecule has 0 heterocycles. The third kappa shape index (κ3) is 47.3.